The highest BCUT2D eigenvalue weighted by Crippen LogP contribution is 2.35. The molecule has 0 N–H and O–H groups in total. The van der Waals surface area contributed by atoms with Gasteiger partial charge in [0.25, 0.3) is 5.91 Å². The first-order valence-electron chi connectivity index (χ1n) is 11.3. The van der Waals surface area contributed by atoms with E-state index in [0.29, 0.717) is 40.0 Å². The average molecular weight is 493 g/mol. The SMILES string of the molecule is COc1ccc(-c2nn(-c3ccccc3)cc2/C=C2\SC(N3CC(C)OC(C)C3)=NC2=O)cc1F. The van der Waals surface area contributed by atoms with Gasteiger partial charge < -0.3 is 14.4 Å². The van der Waals surface area contributed by atoms with Crippen molar-refractivity contribution < 1.29 is 18.7 Å². The summed E-state index contributed by atoms with van der Waals surface area (Å²) in [5, 5.41) is 5.40. The van der Waals surface area contributed by atoms with Gasteiger partial charge in [-0.15, -0.1) is 0 Å². The molecule has 1 aromatic heterocycles. The molecule has 3 aromatic rings. The highest BCUT2D eigenvalue weighted by Gasteiger charge is 2.31. The third-order valence-corrected chi connectivity index (χ3v) is 6.82. The number of carbonyl (C=O) groups excluding carboxylic acids is 1. The Kier molecular flexibility index (Phi) is 6.44. The molecule has 1 amide bonds. The predicted octanol–water partition coefficient (Wildman–Crippen LogP) is 4.77. The van der Waals surface area contributed by atoms with Crippen molar-refractivity contribution in [3.63, 3.8) is 0 Å². The third kappa shape index (κ3) is 4.87. The summed E-state index contributed by atoms with van der Waals surface area (Å²) in [6, 6.07) is 14.3. The summed E-state index contributed by atoms with van der Waals surface area (Å²) < 4.78 is 27.1. The van der Waals surface area contributed by atoms with Crippen molar-refractivity contribution in [1.82, 2.24) is 14.7 Å². The molecule has 0 bridgehead atoms. The van der Waals surface area contributed by atoms with Gasteiger partial charge in [-0.05, 0) is 62.0 Å². The zero-order chi connectivity index (χ0) is 24.5. The number of rotatable bonds is 4. The second-order valence-corrected chi connectivity index (χ2v) is 9.54. The lowest BCUT2D eigenvalue weighted by Gasteiger charge is -2.35. The Morgan fingerprint density at radius 2 is 1.89 bits per heavy atom. The van der Waals surface area contributed by atoms with E-state index in [1.54, 1.807) is 22.9 Å². The van der Waals surface area contributed by atoms with Gasteiger partial charge in [-0.1, -0.05) is 18.2 Å². The average Bonchev–Trinajstić information content (AvgIpc) is 3.43. The first kappa shape index (κ1) is 23.3. The fourth-order valence-corrected chi connectivity index (χ4v) is 5.17. The van der Waals surface area contributed by atoms with Crippen molar-refractivity contribution in [3.8, 4) is 22.7 Å². The maximum absolute atomic E-state index is 14.5. The van der Waals surface area contributed by atoms with Crippen LogP contribution in [0.25, 0.3) is 23.0 Å². The zero-order valence-electron chi connectivity index (χ0n) is 19.6. The van der Waals surface area contributed by atoms with E-state index in [-0.39, 0.29) is 23.9 Å². The molecule has 2 aromatic carbocycles. The molecule has 1 fully saturated rings. The van der Waals surface area contributed by atoms with Crippen LogP contribution in [0.5, 0.6) is 5.75 Å². The Morgan fingerprint density at radius 3 is 2.57 bits per heavy atom. The van der Waals surface area contributed by atoms with Crippen LogP contribution in [0.2, 0.25) is 0 Å². The third-order valence-electron chi connectivity index (χ3n) is 5.77. The van der Waals surface area contributed by atoms with Crippen LogP contribution in [0.4, 0.5) is 4.39 Å². The maximum atomic E-state index is 14.5. The van der Waals surface area contributed by atoms with Gasteiger partial charge in [0.1, 0.15) is 5.69 Å². The van der Waals surface area contributed by atoms with Crippen LogP contribution in [0.15, 0.2) is 64.6 Å². The number of halogens is 1. The van der Waals surface area contributed by atoms with E-state index in [2.05, 4.69) is 9.89 Å². The molecule has 3 heterocycles. The molecule has 0 radical (unpaired) electrons. The van der Waals surface area contributed by atoms with Crippen LogP contribution in [0, 0.1) is 5.82 Å². The van der Waals surface area contributed by atoms with Crippen LogP contribution in [0.1, 0.15) is 19.4 Å². The summed E-state index contributed by atoms with van der Waals surface area (Å²) in [4.78, 5) is 19.7. The number of carbonyl (C=O) groups is 1. The number of ether oxygens (including phenoxy) is 2. The van der Waals surface area contributed by atoms with Crippen LogP contribution in [0.3, 0.4) is 0 Å². The summed E-state index contributed by atoms with van der Waals surface area (Å²) in [6.45, 7) is 5.39. The van der Waals surface area contributed by atoms with Gasteiger partial charge >= 0.3 is 0 Å². The van der Waals surface area contributed by atoms with E-state index in [0.717, 1.165) is 5.69 Å². The molecule has 180 valence electrons. The first-order valence-corrected chi connectivity index (χ1v) is 12.1. The number of amidine groups is 1. The molecule has 9 heteroatoms. The highest BCUT2D eigenvalue weighted by atomic mass is 32.2. The molecule has 0 aliphatic carbocycles. The molecule has 35 heavy (non-hydrogen) atoms. The Labute approximate surface area is 207 Å². The normalized spacial score (nSPS) is 21.5. The first-order chi connectivity index (χ1) is 16.9. The van der Waals surface area contributed by atoms with Gasteiger partial charge in [-0.25, -0.2) is 9.07 Å². The lowest BCUT2D eigenvalue weighted by molar-refractivity contribution is -0.113. The van der Waals surface area contributed by atoms with Crippen LogP contribution >= 0.6 is 11.8 Å². The number of methoxy groups -OCH3 is 1. The number of thioether (sulfide) groups is 1. The quantitative estimate of drug-likeness (QED) is 0.489. The van der Waals surface area contributed by atoms with Crippen molar-refractivity contribution >= 4 is 28.9 Å². The van der Waals surface area contributed by atoms with Gasteiger partial charge in [0.2, 0.25) is 0 Å². The second-order valence-electron chi connectivity index (χ2n) is 8.53. The molecular weight excluding hydrogens is 467 g/mol. The summed E-state index contributed by atoms with van der Waals surface area (Å²) >= 11 is 1.34. The molecule has 1 saturated heterocycles. The van der Waals surface area contributed by atoms with E-state index < -0.39 is 5.82 Å². The fraction of sp³-hybridized carbons (Fsp3) is 0.269. The van der Waals surface area contributed by atoms with E-state index in [1.165, 1.54) is 24.9 Å². The minimum atomic E-state index is -0.481. The number of hydrogen-bond acceptors (Lipinski definition) is 6. The summed E-state index contributed by atoms with van der Waals surface area (Å²) in [6.07, 6.45) is 3.74. The molecule has 2 aliphatic heterocycles. The smallest absolute Gasteiger partial charge is 0.286 e. The largest absolute Gasteiger partial charge is 0.494 e. The molecule has 5 rings (SSSR count). The number of amides is 1. The van der Waals surface area contributed by atoms with E-state index >= 15 is 0 Å². The summed E-state index contributed by atoms with van der Waals surface area (Å²) in [5.41, 5.74) is 2.68. The minimum Gasteiger partial charge on any atom is -0.494 e. The summed E-state index contributed by atoms with van der Waals surface area (Å²) in [7, 11) is 1.43. The topological polar surface area (TPSA) is 68.9 Å². The van der Waals surface area contributed by atoms with Crippen molar-refractivity contribution in [2.45, 2.75) is 26.1 Å². The highest BCUT2D eigenvalue weighted by molar-refractivity contribution is 8.18. The predicted molar refractivity (Wildman–Crippen MR) is 135 cm³/mol. The van der Waals surface area contributed by atoms with Gasteiger partial charge in [-0.3, -0.25) is 4.79 Å². The number of benzene rings is 2. The molecule has 7 nitrogen and oxygen atoms in total. The van der Waals surface area contributed by atoms with Gasteiger partial charge in [0.15, 0.2) is 16.7 Å². The number of para-hydroxylation sites is 1. The molecule has 2 aliphatic rings. The zero-order valence-corrected chi connectivity index (χ0v) is 20.5. The molecule has 0 spiro atoms. The number of morpholine rings is 1. The van der Waals surface area contributed by atoms with Gasteiger partial charge in [-0.2, -0.15) is 10.1 Å². The van der Waals surface area contributed by atoms with Crippen molar-refractivity contribution in [3.05, 3.63) is 71.0 Å². The number of aromatic nitrogens is 2. The van der Waals surface area contributed by atoms with E-state index in [4.69, 9.17) is 14.6 Å². The number of aliphatic imine (C=N–C) groups is 1. The number of nitrogens with zero attached hydrogens (tertiary/aromatic N) is 4. The Balaban J connectivity index is 1.51. The van der Waals surface area contributed by atoms with Crippen molar-refractivity contribution in [1.29, 1.82) is 0 Å². The molecule has 2 atom stereocenters. The van der Waals surface area contributed by atoms with Gasteiger partial charge in [0, 0.05) is 30.4 Å². The second kappa shape index (κ2) is 9.67. The lowest BCUT2D eigenvalue weighted by Crippen LogP contribution is -2.47. The Bertz CT molecular complexity index is 1310. The minimum absolute atomic E-state index is 0.0610. The van der Waals surface area contributed by atoms with Crippen LogP contribution in [-0.4, -0.2) is 58.2 Å². The van der Waals surface area contributed by atoms with Crippen molar-refractivity contribution in [2.75, 3.05) is 20.2 Å². The maximum Gasteiger partial charge on any atom is 0.286 e. The van der Waals surface area contributed by atoms with E-state index in [1.807, 2.05) is 50.4 Å². The van der Waals surface area contributed by atoms with Gasteiger partial charge in [0.05, 0.1) is 29.9 Å². The van der Waals surface area contributed by atoms with E-state index in [9.17, 15) is 9.18 Å². The summed E-state index contributed by atoms with van der Waals surface area (Å²) in [5.74, 6) is -0.619. The number of hydrogen-bond donors (Lipinski definition) is 0. The van der Waals surface area contributed by atoms with Crippen molar-refractivity contribution in [2.24, 2.45) is 4.99 Å². The fourth-order valence-electron chi connectivity index (χ4n) is 4.25. The Hall–Kier alpha value is -3.43. The van der Waals surface area contributed by atoms with Crippen LogP contribution in [-0.2, 0) is 9.53 Å². The lowest BCUT2D eigenvalue weighted by atomic mass is 10.1. The molecular formula is C26H25FN4O3S. The van der Waals surface area contributed by atoms with Crippen LogP contribution < -0.4 is 4.74 Å². The monoisotopic (exact) mass is 492 g/mol. The Morgan fingerprint density at radius 1 is 1.14 bits per heavy atom. The molecule has 2 unspecified atom stereocenters. The standard InChI is InChI=1S/C26H25FN4O3S/c1-16-13-30(14-17(2)34-16)26-28-25(32)23(35-26)12-19-15-31(20-7-5-4-6-8-20)29-24(19)18-9-10-22(33-3)21(27)11-18/h4-12,15-17H,13-14H2,1-3H3/b23-12-. The molecule has 0 saturated carbocycles.